The molecular weight excluding hydrogens is 190 g/mol. The lowest BCUT2D eigenvalue weighted by atomic mass is 10.6. The van der Waals surface area contributed by atoms with Gasteiger partial charge in [0.05, 0.1) is 9.68 Å². The molecule has 0 radical (unpaired) electrons. The van der Waals surface area contributed by atoms with Crippen molar-refractivity contribution in [3.8, 4) is 0 Å². The van der Waals surface area contributed by atoms with Crippen molar-refractivity contribution in [2.45, 2.75) is 18.5 Å². The fraction of sp³-hybridized carbons (Fsp3) is 1.00. The second kappa shape index (κ2) is 6.75. The summed E-state index contributed by atoms with van der Waals surface area (Å²) in [6.45, 7) is 0. The van der Waals surface area contributed by atoms with Gasteiger partial charge in [-0.25, -0.2) is 0 Å². The first-order valence-electron chi connectivity index (χ1n) is 4.10. The first kappa shape index (κ1) is 12.3. The summed E-state index contributed by atoms with van der Waals surface area (Å²) >= 11 is 0. The molecule has 0 saturated heterocycles. The van der Waals surface area contributed by atoms with Gasteiger partial charge in [-0.2, -0.15) is 0 Å². The topological polar surface area (TPSA) is 53.7 Å². The molecule has 4 nitrogen and oxygen atoms in total. The smallest absolute Gasteiger partial charge is 0.377 e. The van der Waals surface area contributed by atoms with E-state index in [0.29, 0.717) is 0 Å². The molecule has 0 aromatic carbocycles. The minimum absolute atomic E-state index is 0.322. The molecule has 0 aliphatic heterocycles. The summed E-state index contributed by atoms with van der Waals surface area (Å²) in [5, 5.41) is 5.51. The van der Waals surface area contributed by atoms with Gasteiger partial charge in [-0.3, -0.25) is 0 Å². The van der Waals surface area contributed by atoms with Crippen LogP contribution in [-0.4, -0.2) is 39.8 Å². The van der Waals surface area contributed by atoms with Crippen LogP contribution in [0.2, 0.25) is 12.1 Å². The molecule has 12 heavy (non-hydrogen) atoms. The molecule has 0 aromatic heterocycles. The summed E-state index contributed by atoms with van der Waals surface area (Å²) in [7, 11) is 2.30. The molecule has 0 aliphatic rings. The van der Waals surface area contributed by atoms with Gasteiger partial charge >= 0.3 is 8.80 Å². The Hall–Kier alpha value is 0.274. The number of nitrogens with two attached hydrogens (primary N) is 1. The summed E-state index contributed by atoms with van der Waals surface area (Å²) < 4.78 is 15.8. The Labute approximate surface area is 77.6 Å². The largest absolute Gasteiger partial charge is 0.500 e. The van der Waals surface area contributed by atoms with Crippen LogP contribution in [0.15, 0.2) is 0 Å². The first-order valence-corrected chi connectivity index (χ1v) is 7.85. The molecule has 0 rings (SSSR count). The Kier molecular flexibility index (Phi) is 6.91. The van der Waals surface area contributed by atoms with Crippen LogP contribution in [0.1, 0.15) is 6.42 Å². The second-order valence-corrected chi connectivity index (χ2v) is 6.92. The van der Waals surface area contributed by atoms with E-state index in [1.807, 2.05) is 0 Å². The fourth-order valence-electron chi connectivity index (χ4n) is 1.04. The Balaban J connectivity index is 3.76. The molecule has 0 atom stereocenters. The van der Waals surface area contributed by atoms with Crippen LogP contribution < -0.4 is 5.40 Å². The van der Waals surface area contributed by atoms with Crippen molar-refractivity contribution in [1.29, 1.82) is 0 Å². The minimum Gasteiger partial charge on any atom is -0.377 e. The van der Waals surface area contributed by atoms with Gasteiger partial charge in [-0.05, 0) is 0 Å². The van der Waals surface area contributed by atoms with Crippen molar-refractivity contribution >= 4 is 18.5 Å². The van der Waals surface area contributed by atoms with E-state index in [1.54, 1.807) is 21.3 Å². The van der Waals surface area contributed by atoms with E-state index in [0.717, 1.165) is 18.5 Å². The van der Waals surface area contributed by atoms with E-state index in [-0.39, 0.29) is 9.68 Å². The summed E-state index contributed by atoms with van der Waals surface area (Å²) in [6, 6.07) is 2.01. The molecular formula is C6H19NO3Si2. The Bertz CT molecular complexity index is 103. The lowest BCUT2D eigenvalue weighted by Gasteiger charge is -2.23. The Morgan fingerprint density at radius 1 is 1.17 bits per heavy atom. The molecule has 0 aromatic rings. The molecule has 2 N–H and O–H groups in total. The molecule has 0 saturated carbocycles. The molecule has 0 aliphatic carbocycles. The first-order chi connectivity index (χ1) is 5.74. The van der Waals surface area contributed by atoms with Gasteiger partial charge < -0.3 is 18.7 Å². The molecule has 74 valence electrons. The third kappa shape index (κ3) is 3.79. The minimum atomic E-state index is -2.29. The zero-order chi connectivity index (χ0) is 9.45. The van der Waals surface area contributed by atoms with Crippen molar-refractivity contribution in [3.05, 3.63) is 0 Å². The highest BCUT2D eigenvalue weighted by Crippen LogP contribution is 2.15. The molecule has 0 spiro atoms. The van der Waals surface area contributed by atoms with Crippen LogP contribution in [0.25, 0.3) is 0 Å². The summed E-state index contributed by atoms with van der Waals surface area (Å²) in [5.74, 6) is 0. The maximum absolute atomic E-state index is 5.51. The molecule has 6 heteroatoms. The third-order valence-electron chi connectivity index (χ3n) is 1.87. The molecule has 0 heterocycles. The maximum Gasteiger partial charge on any atom is 0.500 e. The lowest BCUT2D eigenvalue weighted by molar-refractivity contribution is 0.123. The highest BCUT2D eigenvalue weighted by molar-refractivity contribution is 6.60. The third-order valence-corrected chi connectivity index (χ3v) is 5.61. The van der Waals surface area contributed by atoms with Gasteiger partial charge in [0.2, 0.25) is 0 Å². The molecule has 0 amide bonds. The Morgan fingerprint density at radius 2 is 1.67 bits per heavy atom. The molecule has 0 unspecified atom stereocenters. The fourth-order valence-corrected chi connectivity index (χ4v) is 3.88. The predicted molar refractivity (Wildman–Crippen MR) is 53.7 cm³/mol. The van der Waals surface area contributed by atoms with Crippen molar-refractivity contribution < 1.29 is 13.3 Å². The molecule has 0 fully saturated rings. The predicted octanol–water partition coefficient (Wildman–Crippen LogP) is -0.285. The van der Waals surface area contributed by atoms with E-state index in [9.17, 15) is 0 Å². The van der Waals surface area contributed by atoms with Gasteiger partial charge in [0.25, 0.3) is 0 Å². The van der Waals surface area contributed by atoms with Crippen LogP contribution >= 0.6 is 0 Å². The van der Waals surface area contributed by atoms with Crippen LogP contribution in [0, 0.1) is 0 Å². The van der Waals surface area contributed by atoms with Gasteiger partial charge in [0.15, 0.2) is 0 Å². The maximum atomic E-state index is 5.51. The standard InChI is InChI=1S/C6H19NO3Si2/c1-8-12(9-2,10-3)6-4-5-11-7/h4-7,11H2,1-3H3. The highest BCUT2D eigenvalue weighted by atomic mass is 28.4. The second-order valence-electron chi connectivity index (χ2n) is 2.54. The monoisotopic (exact) mass is 209 g/mol. The summed E-state index contributed by atoms with van der Waals surface area (Å²) in [5.41, 5.74) is 0. The molecule has 0 bridgehead atoms. The van der Waals surface area contributed by atoms with Crippen LogP contribution in [0.3, 0.4) is 0 Å². The lowest BCUT2D eigenvalue weighted by Crippen LogP contribution is -2.42. The van der Waals surface area contributed by atoms with Crippen molar-refractivity contribution in [2.75, 3.05) is 21.3 Å². The van der Waals surface area contributed by atoms with Crippen molar-refractivity contribution in [3.63, 3.8) is 0 Å². The van der Waals surface area contributed by atoms with Gasteiger partial charge in [-0.15, -0.1) is 0 Å². The van der Waals surface area contributed by atoms with Gasteiger partial charge in [-0.1, -0.05) is 12.5 Å². The average molecular weight is 209 g/mol. The van der Waals surface area contributed by atoms with Crippen LogP contribution in [0.5, 0.6) is 0 Å². The van der Waals surface area contributed by atoms with E-state index in [2.05, 4.69) is 0 Å². The average Bonchev–Trinajstić information content (AvgIpc) is 2.14. The zero-order valence-corrected chi connectivity index (χ0v) is 10.5. The van der Waals surface area contributed by atoms with Crippen LogP contribution in [0.4, 0.5) is 0 Å². The number of hydrogen-bond donors (Lipinski definition) is 1. The van der Waals surface area contributed by atoms with Crippen molar-refractivity contribution in [1.82, 2.24) is 0 Å². The SMILES string of the molecule is CO[Si](CCC[SiH2]N)(OC)OC. The number of hydrogen-bond acceptors (Lipinski definition) is 4. The zero-order valence-electron chi connectivity index (χ0n) is 8.13. The van der Waals surface area contributed by atoms with Gasteiger partial charge in [0.1, 0.15) is 0 Å². The number of rotatable bonds is 7. The highest BCUT2D eigenvalue weighted by Gasteiger charge is 2.36. The van der Waals surface area contributed by atoms with E-state index in [1.165, 1.54) is 0 Å². The quantitative estimate of drug-likeness (QED) is 0.463. The Morgan fingerprint density at radius 3 is 2.00 bits per heavy atom. The summed E-state index contributed by atoms with van der Waals surface area (Å²) in [6.07, 6.45) is 1.06. The van der Waals surface area contributed by atoms with E-state index < -0.39 is 8.80 Å². The van der Waals surface area contributed by atoms with Gasteiger partial charge in [0, 0.05) is 27.4 Å². The van der Waals surface area contributed by atoms with E-state index in [4.69, 9.17) is 18.7 Å². The normalized spacial score (nSPS) is 13.0. The summed E-state index contributed by atoms with van der Waals surface area (Å²) in [4.78, 5) is 0. The van der Waals surface area contributed by atoms with E-state index >= 15 is 0 Å². The van der Waals surface area contributed by atoms with Crippen molar-refractivity contribution in [2.24, 2.45) is 5.40 Å². The van der Waals surface area contributed by atoms with Crippen LogP contribution in [-0.2, 0) is 13.3 Å².